The summed E-state index contributed by atoms with van der Waals surface area (Å²) in [5.74, 6) is 1.60. The number of hydrogen-bond acceptors (Lipinski definition) is 1. The van der Waals surface area contributed by atoms with Crippen LogP contribution in [0, 0.1) is 0 Å². The Balaban J connectivity index is 2.26. The standard InChI is InChI=1S/C15H13Br2ClO/c1-2-11-8-12(4-5-14(11)18)19-15-6-3-10(9-16)7-13(15)17/h3-8H,2,9H2,1H3. The minimum Gasteiger partial charge on any atom is -0.456 e. The third kappa shape index (κ3) is 3.74. The van der Waals surface area contributed by atoms with Crippen molar-refractivity contribution in [3.8, 4) is 11.5 Å². The molecule has 0 spiro atoms. The van der Waals surface area contributed by atoms with Crippen LogP contribution in [0.15, 0.2) is 40.9 Å². The van der Waals surface area contributed by atoms with Crippen LogP contribution >= 0.6 is 43.5 Å². The first kappa shape index (κ1) is 14.9. The summed E-state index contributed by atoms with van der Waals surface area (Å²) in [6.45, 7) is 2.08. The van der Waals surface area contributed by atoms with Gasteiger partial charge >= 0.3 is 0 Å². The third-order valence-electron chi connectivity index (χ3n) is 2.78. The molecule has 0 aliphatic carbocycles. The van der Waals surface area contributed by atoms with Gasteiger partial charge in [-0.05, 0) is 63.8 Å². The average Bonchev–Trinajstić information content (AvgIpc) is 2.43. The van der Waals surface area contributed by atoms with Crippen molar-refractivity contribution >= 4 is 43.5 Å². The van der Waals surface area contributed by atoms with Gasteiger partial charge in [0.1, 0.15) is 11.5 Å². The van der Waals surface area contributed by atoms with E-state index in [0.29, 0.717) is 0 Å². The Bertz CT molecular complexity index is 584. The summed E-state index contributed by atoms with van der Waals surface area (Å²) in [4.78, 5) is 0. The number of aryl methyl sites for hydroxylation is 1. The zero-order chi connectivity index (χ0) is 13.8. The summed E-state index contributed by atoms with van der Waals surface area (Å²) < 4.78 is 6.83. The van der Waals surface area contributed by atoms with Crippen LogP contribution in [0.3, 0.4) is 0 Å². The van der Waals surface area contributed by atoms with Gasteiger partial charge in [-0.15, -0.1) is 0 Å². The Kier molecular flexibility index (Phi) is 5.31. The zero-order valence-corrected chi connectivity index (χ0v) is 14.3. The molecule has 0 saturated carbocycles. The van der Waals surface area contributed by atoms with Crippen LogP contribution in [0.5, 0.6) is 11.5 Å². The van der Waals surface area contributed by atoms with E-state index in [1.54, 1.807) is 0 Å². The molecule has 2 rings (SSSR count). The van der Waals surface area contributed by atoms with Gasteiger partial charge in [-0.2, -0.15) is 0 Å². The van der Waals surface area contributed by atoms with Gasteiger partial charge < -0.3 is 4.74 Å². The van der Waals surface area contributed by atoms with Gasteiger partial charge in [0.25, 0.3) is 0 Å². The zero-order valence-electron chi connectivity index (χ0n) is 10.4. The maximum Gasteiger partial charge on any atom is 0.141 e. The van der Waals surface area contributed by atoms with Crippen molar-refractivity contribution < 1.29 is 4.74 Å². The van der Waals surface area contributed by atoms with E-state index in [1.165, 1.54) is 5.56 Å². The molecule has 0 heterocycles. The first-order valence-electron chi connectivity index (χ1n) is 5.94. The molecule has 0 amide bonds. The molecule has 0 saturated heterocycles. The number of rotatable bonds is 4. The topological polar surface area (TPSA) is 9.23 Å². The number of hydrogen-bond donors (Lipinski definition) is 0. The minimum atomic E-state index is 0.781. The van der Waals surface area contributed by atoms with Crippen LogP contribution in [0.1, 0.15) is 18.1 Å². The molecule has 0 bridgehead atoms. The first-order chi connectivity index (χ1) is 9.13. The average molecular weight is 405 g/mol. The molecule has 0 aliphatic rings. The monoisotopic (exact) mass is 402 g/mol. The highest BCUT2D eigenvalue weighted by Gasteiger charge is 2.06. The molecular formula is C15H13Br2ClO. The largest absolute Gasteiger partial charge is 0.456 e. The maximum absolute atomic E-state index is 6.10. The highest BCUT2D eigenvalue weighted by molar-refractivity contribution is 9.10. The van der Waals surface area contributed by atoms with Crippen LogP contribution in [0.2, 0.25) is 5.02 Å². The number of halogens is 3. The molecule has 100 valence electrons. The molecule has 0 fully saturated rings. The highest BCUT2D eigenvalue weighted by Crippen LogP contribution is 2.32. The van der Waals surface area contributed by atoms with E-state index in [1.807, 2.05) is 36.4 Å². The van der Waals surface area contributed by atoms with E-state index in [-0.39, 0.29) is 0 Å². The van der Waals surface area contributed by atoms with Crippen molar-refractivity contribution in [1.29, 1.82) is 0 Å². The molecule has 19 heavy (non-hydrogen) atoms. The van der Waals surface area contributed by atoms with Gasteiger partial charge in [-0.3, -0.25) is 0 Å². The van der Waals surface area contributed by atoms with Gasteiger partial charge in [-0.25, -0.2) is 0 Å². The molecule has 0 radical (unpaired) electrons. The van der Waals surface area contributed by atoms with E-state index in [9.17, 15) is 0 Å². The molecule has 4 heteroatoms. The quantitative estimate of drug-likeness (QED) is 0.539. The van der Waals surface area contributed by atoms with Crippen molar-refractivity contribution in [3.05, 3.63) is 57.0 Å². The molecule has 0 unspecified atom stereocenters. The molecule has 0 N–H and O–H groups in total. The molecular weight excluding hydrogens is 391 g/mol. The fourth-order valence-electron chi connectivity index (χ4n) is 1.72. The molecule has 2 aromatic carbocycles. The minimum absolute atomic E-state index is 0.781. The Morgan fingerprint density at radius 1 is 1.16 bits per heavy atom. The summed E-state index contributed by atoms with van der Waals surface area (Å²) >= 11 is 13.1. The molecule has 0 aromatic heterocycles. The van der Waals surface area contributed by atoms with Crippen LogP contribution < -0.4 is 4.74 Å². The summed E-state index contributed by atoms with van der Waals surface area (Å²) in [5, 5.41) is 1.61. The number of alkyl halides is 1. The van der Waals surface area contributed by atoms with Gasteiger partial charge in [0.05, 0.1) is 4.47 Å². The summed E-state index contributed by atoms with van der Waals surface area (Å²) in [5.41, 5.74) is 2.29. The highest BCUT2D eigenvalue weighted by atomic mass is 79.9. The van der Waals surface area contributed by atoms with Crippen LogP contribution in [0.25, 0.3) is 0 Å². The van der Waals surface area contributed by atoms with Crippen molar-refractivity contribution in [2.75, 3.05) is 0 Å². The lowest BCUT2D eigenvalue weighted by atomic mass is 10.1. The third-order valence-corrected chi connectivity index (χ3v) is 4.41. The summed E-state index contributed by atoms with van der Waals surface area (Å²) in [6.07, 6.45) is 0.889. The van der Waals surface area contributed by atoms with E-state index in [0.717, 1.165) is 38.3 Å². The van der Waals surface area contributed by atoms with E-state index < -0.39 is 0 Å². The number of ether oxygens (including phenoxy) is 1. The van der Waals surface area contributed by atoms with Crippen LogP contribution in [0.4, 0.5) is 0 Å². The SMILES string of the molecule is CCc1cc(Oc2ccc(CBr)cc2Br)ccc1Cl. The lowest BCUT2D eigenvalue weighted by Gasteiger charge is -2.10. The van der Waals surface area contributed by atoms with E-state index >= 15 is 0 Å². The van der Waals surface area contributed by atoms with Gasteiger partial charge in [-0.1, -0.05) is 40.5 Å². The first-order valence-corrected chi connectivity index (χ1v) is 8.24. The lowest BCUT2D eigenvalue weighted by molar-refractivity contribution is 0.479. The van der Waals surface area contributed by atoms with Crippen molar-refractivity contribution in [1.82, 2.24) is 0 Å². The van der Waals surface area contributed by atoms with Crippen molar-refractivity contribution in [2.45, 2.75) is 18.7 Å². The predicted octanol–water partition coefficient (Wildman–Crippen LogP) is 6.35. The van der Waals surface area contributed by atoms with Crippen LogP contribution in [-0.4, -0.2) is 0 Å². The Labute approximate surface area is 135 Å². The molecule has 1 nitrogen and oxygen atoms in total. The normalized spacial score (nSPS) is 10.5. The van der Waals surface area contributed by atoms with E-state index in [4.69, 9.17) is 16.3 Å². The molecule has 0 atom stereocenters. The number of benzene rings is 2. The Morgan fingerprint density at radius 3 is 2.58 bits per heavy atom. The van der Waals surface area contributed by atoms with Gasteiger partial charge in [0.15, 0.2) is 0 Å². The second-order valence-corrected chi connectivity index (χ2v) is 5.93. The lowest BCUT2D eigenvalue weighted by Crippen LogP contribution is -1.89. The van der Waals surface area contributed by atoms with Crippen molar-refractivity contribution in [2.24, 2.45) is 0 Å². The molecule has 0 aliphatic heterocycles. The van der Waals surface area contributed by atoms with Crippen LogP contribution in [-0.2, 0) is 11.8 Å². The fourth-order valence-corrected chi connectivity index (χ4v) is 2.83. The molecule has 2 aromatic rings. The maximum atomic E-state index is 6.10. The van der Waals surface area contributed by atoms with E-state index in [2.05, 4.69) is 38.8 Å². The summed E-state index contributed by atoms with van der Waals surface area (Å²) in [7, 11) is 0. The fraction of sp³-hybridized carbons (Fsp3) is 0.200. The van der Waals surface area contributed by atoms with Crippen molar-refractivity contribution in [3.63, 3.8) is 0 Å². The van der Waals surface area contributed by atoms with Gasteiger partial charge in [0, 0.05) is 10.4 Å². The second-order valence-electron chi connectivity index (χ2n) is 4.11. The summed E-state index contributed by atoms with van der Waals surface area (Å²) in [6, 6.07) is 11.8. The Hall–Kier alpha value is -0.510. The van der Waals surface area contributed by atoms with Gasteiger partial charge in [0.2, 0.25) is 0 Å². The second kappa shape index (κ2) is 6.78. The predicted molar refractivity (Wildman–Crippen MR) is 87.7 cm³/mol. The Morgan fingerprint density at radius 2 is 1.95 bits per heavy atom. The smallest absolute Gasteiger partial charge is 0.141 e.